The van der Waals surface area contributed by atoms with E-state index in [4.69, 9.17) is 11.6 Å². The number of halogens is 2. The zero-order chi connectivity index (χ0) is 14.7. The van der Waals surface area contributed by atoms with Gasteiger partial charge in [0.1, 0.15) is 0 Å². The smallest absolute Gasteiger partial charge is 0.0417 e. The maximum atomic E-state index is 5.97. The molecule has 21 heavy (non-hydrogen) atoms. The molecule has 0 aliphatic carbocycles. The lowest BCUT2D eigenvalue weighted by Crippen LogP contribution is -2.17. The zero-order valence-electron chi connectivity index (χ0n) is 11.8. The van der Waals surface area contributed by atoms with Gasteiger partial charge < -0.3 is 10.2 Å². The number of rotatable bonds is 4. The summed E-state index contributed by atoms with van der Waals surface area (Å²) < 4.78 is 1.04. The zero-order valence-corrected chi connectivity index (χ0v) is 14.1. The number of nitrogens with zero attached hydrogens (tertiary/aromatic N) is 1. The second-order valence-corrected chi connectivity index (χ2v) is 6.62. The molecule has 0 radical (unpaired) electrons. The monoisotopic (exact) mass is 364 g/mol. The minimum Gasteiger partial charge on any atom is -0.381 e. The third-order valence-corrected chi connectivity index (χ3v) is 4.79. The van der Waals surface area contributed by atoms with Crippen molar-refractivity contribution in [2.75, 3.05) is 23.3 Å². The molecule has 0 spiro atoms. The Bertz CT molecular complexity index is 624. The van der Waals surface area contributed by atoms with Crippen LogP contribution in [-0.2, 0) is 6.54 Å². The van der Waals surface area contributed by atoms with E-state index in [1.807, 2.05) is 18.2 Å². The van der Waals surface area contributed by atoms with Gasteiger partial charge in [-0.15, -0.1) is 0 Å². The Hall–Kier alpha value is -1.19. The largest absolute Gasteiger partial charge is 0.381 e. The first-order chi connectivity index (χ1) is 10.2. The molecule has 1 N–H and O–H groups in total. The molecular formula is C17H18BrClN2. The van der Waals surface area contributed by atoms with Crippen molar-refractivity contribution in [2.24, 2.45) is 0 Å². The Balaban J connectivity index is 1.68. The lowest BCUT2D eigenvalue weighted by atomic mass is 10.2. The highest BCUT2D eigenvalue weighted by atomic mass is 79.9. The molecule has 0 atom stereocenters. The van der Waals surface area contributed by atoms with Crippen LogP contribution < -0.4 is 10.2 Å². The van der Waals surface area contributed by atoms with Gasteiger partial charge >= 0.3 is 0 Å². The molecule has 1 heterocycles. The Morgan fingerprint density at radius 1 is 1.10 bits per heavy atom. The molecule has 2 nitrogen and oxygen atoms in total. The van der Waals surface area contributed by atoms with Crippen LogP contribution in [0.3, 0.4) is 0 Å². The van der Waals surface area contributed by atoms with E-state index in [1.54, 1.807) is 0 Å². The van der Waals surface area contributed by atoms with Crippen molar-refractivity contribution in [3.8, 4) is 0 Å². The van der Waals surface area contributed by atoms with E-state index >= 15 is 0 Å². The van der Waals surface area contributed by atoms with Crippen molar-refractivity contribution in [2.45, 2.75) is 19.4 Å². The summed E-state index contributed by atoms with van der Waals surface area (Å²) in [5.41, 5.74) is 3.67. The molecule has 4 heteroatoms. The van der Waals surface area contributed by atoms with Gasteiger partial charge in [0.25, 0.3) is 0 Å². The Morgan fingerprint density at radius 3 is 2.67 bits per heavy atom. The first-order valence-corrected chi connectivity index (χ1v) is 8.42. The molecule has 1 fully saturated rings. The van der Waals surface area contributed by atoms with Gasteiger partial charge in [-0.05, 0) is 48.7 Å². The third kappa shape index (κ3) is 3.72. The van der Waals surface area contributed by atoms with Gasteiger partial charge in [0, 0.05) is 40.5 Å². The highest BCUT2D eigenvalue weighted by Gasteiger charge is 2.12. The molecule has 3 rings (SSSR count). The van der Waals surface area contributed by atoms with Gasteiger partial charge in [-0.3, -0.25) is 0 Å². The van der Waals surface area contributed by atoms with Crippen LogP contribution in [0.2, 0.25) is 5.02 Å². The summed E-state index contributed by atoms with van der Waals surface area (Å²) in [5, 5.41) is 4.24. The summed E-state index contributed by atoms with van der Waals surface area (Å²) in [6.07, 6.45) is 2.60. The standard InChI is InChI=1S/C17H18BrClN2/c18-17-10-14(19)7-6-13(17)12-20-15-4-3-5-16(11-15)21-8-1-2-9-21/h3-7,10-11,20H,1-2,8-9,12H2. The van der Waals surface area contributed by atoms with Gasteiger partial charge in [-0.2, -0.15) is 0 Å². The highest BCUT2D eigenvalue weighted by molar-refractivity contribution is 9.10. The molecule has 2 aromatic rings. The Labute approximate surface area is 139 Å². The number of hydrogen-bond acceptors (Lipinski definition) is 2. The van der Waals surface area contributed by atoms with E-state index in [2.05, 4.69) is 50.4 Å². The summed E-state index contributed by atoms with van der Waals surface area (Å²) in [4.78, 5) is 2.45. The van der Waals surface area contributed by atoms with E-state index in [-0.39, 0.29) is 0 Å². The van der Waals surface area contributed by atoms with Crippen molar-refractivity contribution in [3.05, 3.63) is 57.5 Å². The number of benzene rings is 2. The molecule has 0 unspecified atom stereocenters. The van der Waals surface area contributed by atoms with Crippen molar-refractivity contribution in [3.63, 3.8) is 0 Å². The van der Waals surface area contributed by atoms with E-state index in [0.717, 1.165) is 21.7 Å². The van der Waals surface area contributed by atoms with Gasteiger partial charge in [0.15, 0.2) is 0 Å². The third-order valence-electron chi connectivity index (χ3n) is 3.82. The predicted molar refractivity (Wildman–Crippen MR) is 94.4 cm³/mol. The van der Waals surface area contributed by atoms with Crippen LogP contribution in [0.1, 0.15) is 18.4 Å². The summed E-state index contributed by atoms with van der Waals surface area (Å²) in [7, 11) is 0. The Morgan fingerprint density at radius 2 is 1.90 bits per heavy atom. The summed E-state index contributed by atoms with van der Waals surface area (Å²) in [6.45, 7) is 3.12. The van der Waals surface area contributed by atoms with Crippen molar-refractivity contribution < 1.29 is 0 Å². The van der Waals surface area contributed by atoms with Gasteiger partial charge in [0.2, 0.25) is 0 Å². The molecule has 110 valence electrons. The fourth-order valence-corrected chi connectivity index (χ4v) is 3.47. The van der Waals surface area contributed by atoms with E-state index in [0.29, 0.717) is 0 Å². The molecule has 1 aliphatic heterocycles. The van der Waals surface area contributed by atoms with Crippen LogP contribution in [-0.4, -0.2) is 13.1 Å². The van der Waals surface area contributed by atoms with E-state index in [9.17, 15) is 0 Å². The van der Waals surface area contributed by atoms with Gasteiger partial charge in [-0.1, -0.05) is 39.7 Å². The fourth-order valence-electron chi connectivity index (χ4n) is 2.65. The van der Waals surface area contributed by atoms with Crippen molar-refractivity contribution in [1.29, 1.82) is 0 Å². The second kappa shape index (κ2) is 6.71. The molecule has 1 saturated heterocycles. The fraction of sp³-hybridized carbons (Fsp3) is 0.294. The molecule has 0 aromatic heterocycles. The average molecular weight is 366 g/mol. The molecule has 0 amide bonds. The molecular weight excluding hydrogens is 348 g/mol. The average Bonchev–Trinajstić information content (AvgIpc) is 3.01. The molecule has 2 aromatic carbocycles. The van der Waals surface area contributed by atoms with Crippen LogP contribution in [0, 0.1) is 0 Å². The van der Waals surface area contributed by atoms with Crippen LogP contribution in [0.25, 0.3) is 0 Å². The van der Waals surface area contributed by atoms with Crippen LogP contribution in [0.4, 0.5) is 11.4 Å². The lowest BCUT2D eigenvalue weighted by molar-refractivity contribution is 0.949. The molecule has 1 aliphatic rings. The number of nitrogens with one attached hydrogen (secondary N) is 1. The minimum absolute atomic E-state index is 0.752. The van der Waals surface area contributed by atoms with Crippen LogP contribution in [0.15, 0.2) is 46.9 Å². The van der Waals surface area contributed by atoms with Crippen molar-refractivity contribution >= 4 is 38.9 Å². The SMILES string of the molecule is Clc1ccc(CNc2cccc(N3CCCC3)c2)c(Br)c1. The lowest BCUT2D eigenvalue weighted by Gasteiger charge is -2.18. The molecule has 0 bridgehead atoms. The van der Waals surface area contributed by atoms with E-state index < -0.39 is 0 Å². The van der Waals surface area contributed by atoms with Crippen LogP contribution >= 0.6 is 27.5 Å². The van der Waals surface area contributed by atoms with E-state index in [1.165, 1.54) is 37.2 Å². The summed E-state index contributed by atoms with van der Waals surface area (Å²) >= 11 is 9.53. The normalized spacial score (nSPS) is 14.5. The van der Waals surface area contributed by atoms with Gasteiger partial charge in [0.05, 0.1) is 0 Å². The quantitative estimate of drug-likeness (QED) is 0.789. The topological polar surface area (TPSA) is 15.3 Å². The van der Waals surface area contributed by atoms with Gasteiger partial charge in [-0.25, -0.2) is 0 Å². The minimum atomic E-state index is 0.752. The Kier molecular flexibility index (Phi) is 4.71. The predicted octanol–water partition coefficient (Wildman–Crippen LogP) is 5.31. The van der Waals surface area contributed by atoms with Crippen molar-refractivity contribution in [1.82, 2.24) is 0 Å². The van der Waals surface area contributed by atoms with Crippen LogP contribution in [0.5, 0.6) is 0 Å². The first-order valence-electron chi connectivity index (χ1n) is 7.25. The summed E-state index contributed by atoms with van der Waals surface area (Å²) in [6, 6.07) is 14.5. The second-order valence-electron chi connectivity index (χ2n) is 5.33. The number of anilines is 2. The maximum Gasteiger partial charge on any atom is 0.0417 e. The summed E-state index contributed by atoms with van der Waals surface area (Å²) in [5.74, 6) is 0. The number of hydrogen-bond donors (Lipinski definition) is 1. The molecule has 0 saturated carbocycles. The first kappa shape index (κ1) is 14.7. The maximum absolute atomic E-state index is 5.97. The highest BCUT2D eigenvalue weighted by Crippen LogP contribution is 2.25.